The normalized spacial score (nSPS) is 9.48. The van der Waals surface area contributed by atoms with Gasteiger partial charge in [-0.15, -0.1) is 0 Å². The summed E-state index contributed by atoms with van der Waals surface area (Å²) >= 11 is 0. The third-order valence-electron chi connectivity index (χ3n) is 2.91. The van der Waals surface area contributed by atoms with Crippen LogP contribution in [0.3, 0.4) is 0 Å². The molecule has 0 radical (unpaired) electrons. The minimum absolute atomic E-state index is 0.0743. The Hall–Kier alpha value is -1.68. The lowest BCUT2D eigenvalue weighted by Crippen LogP contribution is -2.20. The highest BCUT2D eigenvalue weighted by molar-refractivity contribution is 5.93. The Labute approximate surface area is 128 Å². The number of hydrogen-bond acceptors (Lipinski definition) is 3. The van der Waals surface area contributed by atoms with Crippen LogP contribution >= 0.6 is 0 Å². The van der Waals surface area contributed by atoms with Crippen molar-refractivity contribution >= 4 is 11.7 Å². The minimum atomic E-state index is 0.0743. The monoisotopic (exact) mass is 292 g/mol. The molecule has 0 aliphatic carbocycles. The summed E-state index contributed by atoms with van der Waals surface area (Å²) in [7, 11) is 1.97. The Morgan fingerprint density at radius 3 is 1.90 bits per heavy atom. The number of benzene rings is 1. The van der Waals surface area contributed by atoms with E-state index in [2.05, 4.69) is 10.6 Å². The number of nitrogens with one attached hydrogen (secondary N) is 2. The Balaban J connectivity index is 0.000000394. The van der Waals surface area contributed by atoms with Crippen molar-refractivity contribution < 1.29 is 9.59 Å². The summed E-state index contributed by atoms with van der Waals surface area (Å²) in [6, 6.07) is 9.23. The molecule has 0 aliphatic heterocycles. The first-order valence-corrected chi connectivity index (χ1v) is 7.53. The average Bonchev–Trinajstić information content (AvgIpc) is 2.47. The lowest BCUT2D eigenvalue weighted by molar-refractivity contribution is -0.118. The average molecular weight is 292 g/mol. The highest BCUT2D eigenvalue weighted by atomic mass is 16.1. The number of ketones is 1. The van der Waals surface area contributed by atoms with Crippen LogP contribution < -0.4 is 10.6 Å². The Kier molecular flexibility index (Phi) is 12.2. The van der Waals surface area contributed by atoms with Crippen LogP contribution in [0.25, 0.3) is 0 Å². The predicted octanol–water partition coefficient (Wildman–Crippen LogP) is 2.79. The van der Waals surface area contributed by atoms with Crippen molar-refractivity contribution in [3.05, 3.63) is 35.9 Å². The number of carbonyl (C=O) groups is 2. The SMILES string of the molecule is CC(=O)c1ccccc1.CNCCCCCCNC(C)=O. The maximum Gasteiger partial charge on any atom is 0.216 e. The predicted molar refractivity (Wildman–Crippen MR) is 87.5 cm³/mol. The summed E-state index contributed by atoms with van der Waals surface area (Å²) in [4.78, 5) is 21.1. The number of carbonyl (C=O) groups excluding carboxylic acids is 2. The molecule has 1 amide bonds. The van der Waals surface area contributed by atoms with Gasteiger partial charge in [-0.1, -0.05) is 43.2 Å². The van der Waals surface area contributed by atoms with E-state index >= 15 is 0 Å². The molecule has 0 saturated heterocycles. The standard InChI is InChI=1S/C9H20N2O.C8H8O/c1-9(12)11-8-6-4-3-5-7-10-2;1-7(9)8-5-3-2-4-6-8/h10H,3-8H2,1-2H3,(H,11,12);2-6H,1H3. The Morgan fingerprint density at radius 1 is 0.905 bits per heavy atom. The van der Waals surface area contributed by atoms with Gasteiger partial charge >= 0.3 is 0 Å². The van der Waals surface area contributed by atoms with E-state index in [9.17, 15) is 9.59 Å². The fraction of sp³-hybridized carbons (Fsp3) is 0.529. The van der Waals surface area contributed by atoms with Gasteiger partial charge in [0.1, 0.15) is 0 Å². The van der Waals surface area contributed by atoms with Gasteiger partial charge in [0.2, 0.25) is 5.91 Å². The van der Waals surface area contributed by atoms with Gasteiger partial charge in [0.05, 0.1) is 0 Å². The molecular weight excluding hydrogens is 264 g/mol. The topological polar surface area (TPSA) is 58.2 Å². The molecule has 4 heteroatoms. The van der Waals surface area contributed by atoms with E-state index in [-0.39, 0.29) is 11.7 Å². The summed E-state index contributed by atoms with van der Waals surface area (Å²) in [5, 5.41) is 5.89. The third kappa shape index (κ3) is 13.1. The first kappa shape index (κ1) is 19.3. The first-order valence-electron chi connectivity index (χ1n) is 7.53. The molecule has 0 heterocycles. The fourth-order valence-corrected chi connectivity index (χ4v) is 1.72. The lowest BCUT2D eigenvalue weighted by Gasteiger charge is -2.01. The first-order chi connectivity index (χ1) is 10.1. The van der Waals surface area contributed by atoms with Gasteiger partial charge in [0, 0.05) is 19.0 Å². The van der Waals surface area contributed by atoms with Gasteiger partial charge in [-0.2, -0.15) is 0 Å². The summed E-state index contributed by atoms with van der Waals surface area (Å²) in [6.45, 7) is 5.05. The molecule has 0 aromatic heterocycles. The van der Waals surface area contributed by atoms with E-state index in [0.717, 1.165) is 25.1 Å². The Bertz CT molecular complexity index is 391. The number of hydrogen-bond donors (Lipinski definition) is 2. The summed E-state index contributed by atoms with van der Waals surface area (Å²) in [5.74, 6) is 0.195. The van der Waals surface area contributed by atoms with E-state index in [1.807, 2.05) is 37.4 Å². The highest BCUT2D eigenvalue weighted by Crippen LogP contribution is 1.98. The quantitative estimate of drug-likeness (QED) is 0.572. The second-order valence-corrected chi connectivity index (χ2v) is 4.92. The van der Waals surface area contributed by atoms with Gasteiger partial charge < -0.3 is 10.6 Å². The van der Waals surface area contributed by atoms with Crippen molar-refractivity contribution in [2.75, 3.05) is 20.1 Å². The molecule has 0 unspecified atom stereocenters. The van der Waals surface area contributed by atoms with Crippen LogP contribution in [0.15, 0.2) is 30.3 Å². The molecule has 1 aromatic carbocycles. The maximum absolute atomic E-state index is 10.6. The molecule has 1 aromatic rings. The van der Waals surface area contributed by atoms with Crippen LogP contribution in [0.5, 0.6) is 0 Å². The van der Waals surface area contributed by atoms with Crippen LogP contribution in [0.4, 0.5) is 0 Å². The molecule has 0 aliphatic rings. The number of rotatable bonds is 8. The summed E-state index contributed by atoms with van der Waals surface area (Å²) in [6.07, 6.45) is 4.79. The van der Waals surface area contributed by atoms with Crippen molar-refractivity contribution in [1.82, 2.24) is 10.6 Å². The molecule has 1 rings (SSSR count). The van der Waals surface area contributed by atoms with Crippen LogP contribution in [0.2, 0.25) is 0 Å². The second-order valence-electron chi connectivity index (χ2n) is 4.92. The largest absolute Gasteiger partial charge is 0.356 e. The van der Waals surface area contributed by atoms with Crippen molar-refractivity contribution in [1.29, 1.82) is 0 Å². The summed E-state index contributed by atoms with van der Waals surface area (Å²) in [5.41, 5.74) is 0.775. The molecule has 0 fully saturated rings. The zero-order valence-corrected chi connectivity index (χ0v) is 13.4. The molecule has 2 N–H and O–H groups in total. The van der Waals surface area contributed by atoms with Crippen molar-refractivity contribution in [3.8, 4) is 0 Å². The van der Waals surface area contributed by atoms with E-state index < -0.39 is 0 Å². The van der Waals surface area contributed by atoms with Crippen LogP contribution in [0.1, 0.15) is 49.9 Å². The second kappa shape index (κ2) is 13.3. The highest BCUT2D eigenvalue weighted by Gasteiger charge is 1.93. The zero-order valence-electron chi connectivity index (χ0n) is 13.4. The van der Waals surface area contributed by atoms with E-state index in [0.29, 0.717) is 0 Å². The van der Waals surface area contributed by atoms with E-state index in [1.165, 1.54) is 19.3 Å². The molecule has 4 nitrogen and oxygen atoms in total. The summed E-state index contributed by atoms with van der Waals surface area (Å²) < 4.78 is 0. The lowest BCUT2D eigenvalue weighted by atomic mass is 10.2. The van der Waals surface area contributed by atoms with Crippen molar-refractivity contribution in [2.45, 2.75) is 39.5 Å². The minimum Gasteiger partial charge on any atom is -0.356 e. The van der Waals surface area contributed by atoms with E-state index in [4.69, 9.17) is 0 Å². The number of Topliss-reactive ketones (excluding diaryl/α,β-unsaturated/α-hetero) is 1. The number of unbranched alkanes of at least 4 members (excludes halogenated alkanes) is 3. The van der Waals surface area contributed by atoms with Gasteiger partial charge in [-0.25, -0.2) is 0 Å². The molecular formula is C17H28N2O2. The maximum atomic E-state index is 10.6. The third-order valence-corrected chi connectivity index (χ3v) is 2.91. The molecule has 0 saturated carbocycles. The van der Waals surface area contributed by atoms with E-state index in [1.54, 1.807) is 13.8 Å². The smallest absolute Gasteiger partial charge is 0.216 e. The fourth-order valence-electron chi connectivity index (χ4n) is 1.72. The molecule has 21 heavy (non-hydrogen) atoms. The van der Waals surface area contributed by atoms with Crippen LogP contribution in [-0.4, -0.2) is 31.8 Å². The zero-order chi connectivity index (χ0) is 15.9. The van der Waals surface area contributed by atoms with Crippen molar-refractivity contribution in [2.24, 2.45) is 0 Å². The molecule has 0 bridgehead atoms. The van der Waals surface area contributed by atoms with Crippen LogP contribution in [0, 0.1) is 0 Å². The van der Waals surface area contributed by atoms with Gasteiger partial charge in [-0.3, -0.25) is 9.59 Å². The molecule has 0 spiro atoms. The van der Waals surface area contributed by atoms with Gasteiger partial charge in [0.25, 0.3) is 0 Å². The van der Waals surface area contributed by atoms with Crippen LogP contribution in [-0.2, 0) is 4.79 Å². The Morgan fingerprint density at radius 2 is 1.48 bits per heavy atom. The number of amides is 1. The molecule has 0 atom stereocenters. The molecule has 118 valence electrons. The van der Waals surface area contributed by atoms with Gasteiger partial charge in [0.15, 0.2) is 5.78 Å². The van der Waals surface area contributed by atoms with Gasteiger partial charge in [-0.05, 0) is 33.4 Å². The van der Waals surface area contributed by atoms with Crippen molar-refractivity contribution in [3.63, 3.8) is 0 Å².